The second-order valence-electron chi connectivity index (χ2n) is 6.38. The van der Waals surface area contributed by atoms with Crippen molar-refractivity contribution in [1.82, 2.24) is 10.0 Å². The average Bonchev–Trinajstić information content (AvgIpc) is 3.43. The molecule has 0 saturated heterocycles. The second kappa shape index (κ2) is 7.99. The summed E-state index contributed by atoms with van der Waals surface area (Å²) in [6, 6.07) is 7.81. The van der Waals surface area contributed by atoms with E-state index in [9.17, 15) is 30.8 Å². The molecule has 0 spiro atoms. The fourth-order valence-corrected chi connectivity index (χ4v) is 3.89. The number of rotatable bonds is 7. The summed E-state index contributed by atoms with van der Waals surface area (Å²) in [4.78, 5) is 11.7. The van der Waals surface area contributed by atoms with Crippen LogP contribution in [-0.2, 0) is 16.6 Å². The zero-order valence-electron chi connectivity index (χ0n) is 14.8. The molecule has 29 heavy (non-hydrogen) atoms. The van der Waals surface area contributed by atoms with E-state index in [4.69, 9.17) is 0 Å². The van der Waals surface area contributed by atoms with Crippen molar-refractivity contribution in [1.29, 1.82) is 0 Å². The number of carbonyl (C=O) groups is 1. The molecule has 0 unspecified atom stereocenters. The molecule has 0 bridgehead atoms. The Morgan fingerprint density at radius 3 is 2.48 bits per heavy atom. The first kappa shape index (κ1) is 21.1. The van der Waals surface area contributed by atoms with Gasteiger partial charge >= 0.3 is 6.36 Å². The highest BCUT2D eigenvalue weighted by molar-refractivity contribution is 7.89. The van der Waals surface area contributed by atoms with Crippen molar-refractivity contribution in [3.63, 3.8) is 0 Å². The highest BCUT2D eigenvalue weighted by Gasteiger charge is 2.32. The second-order valence-corrected chi connectivity index (χ2v) is 8.06. The fourth-order valence-electron chi connectivity index (χ4n) is 2.49. The van der Waals surface area contributed by atoms with E-state index in [1.54, 1.807) is 0 Å². The maximum atomic E-state index is 14.0. The van der Waals surface area contributed by atoms with E-state index in [-0.39, 0.29) is 23.7 Å². The van der Waals surface area contributed by atoms with E-state index in [1.807, 2.05) is 0 Å². The minimum atomic E-state index is -4.89. The summed E-state index contributed by atoms with van der Waals surface area (Å²) >= 11 is 0. The van der Waals surface area contributed by atoms with Gasteiger partial charge in [-0.2, -0.15) is 0 Å². The largest absolute Gasteiger partial charge is 0.573 e. The van der Waals surface area contributed by atoms with Crippen LogP contribution in [0.15, 0.2) is 47.4 Å². The van der Waals surface area contributed by atoms with Crippen molar-refractivity contribution in [2.75, 3.05) is 0 Å². The van der Waals surface area contributed by atoms with Crippen LogP contribution < -0.4 is 14.8 Å². The molecular formula is C18H16F4N2O4S. The third kappa shape index (κ3) is 5.67. The quantitative estimate of drug-likeness (QED) is 0.659. The minimum Gasteiger partial charge on any atom is -0.405 e. The Kier molecular flexibility index (Phi) is 5.80. The van der Waals surface area contributed by atoms with Gasteiger partial charge in [-0.25, -0.2) is 17.5 Å². The van der Waals surface area contributed by atoms with Gasteiger partial charge < -0.3 is 10.1 Å². The van der Waals surface area contributed by atoms with Crippen molar-refractivity contribution in [3.05, 3.63) is 59.4 Å². The van der Waals surface area contributed by atoms with Crippen LogP contribution in [-0.4, -0.2) is 26.7 Å². The lowest BCUT2D eigenvalue weighted by atomic mass is 10.1. The number of ether oxygens (including phenoxy) is 1. The molecule has 1 aliphatic carbocycles. The highest BCUT2D eigenvalue weighted by atomic mass is 32.2. The summed E-state index contributed by atoms with van der Waals surface area (Å²) in [5.74, 6) is -2.27. The normalized spacial score (nSPS) is 14.5. The number of nitrogens with one attached hydrogen (secondary N) is 2. The van der Waals surface area contributed by atoms with Gasteiger partial charge in [-0.1, -0.05) is 18.2 Å². The van der Waals surface area contributed by atoms with Crippen molar-refractivity contribution >= 4 is 15.9 Å². The maximum Gasteiger partial charge on any atom is 0.573 e. The zero-order chi connectivity index (χ0) is 21.2. The Hall–Kier alpha value is -2.66. The molecule has 0 heterocycles. The maximum absolute atomic E-state index is 14.0. The molecule has 0 atom stereocenters. The van der Waals surface area contributed by atoms with Gasteiger partial charge in [-0.05, 0) is 37.1 Å². The number of amides is 1. The van der Waals surface area contributed by atoms with Gasteiger partial charge in [0.1, 0.15) is 16.5 Å². The lowest BCUT2D eigenvalue weighted by molar-refractivity contribution is -0.274. The molecule has 2 N–H and O–H groups in total. The van der Waals surface area contributed by atoms with E-state index in [1.165, 1.54) is 18.2 Å². The predicted molar refractivity (Wildman–Crippen MR) is 94.0 cm³/mol. The first-order valence-electron chi connectivity index (χ1n) is 8.49. The van der Waals surface area contributed by atoms with E-state index in [2.05, 4.69) is 14.8 Å². The highest BCUT2D eigenvalue weighted by Crippen LogP contribution is 2.26. The Balaban J connectivity index is 1.74. The zero-order valence-corrected chi connectivity index (χ0v) is 15.6. The number of benzene rings is 2. The van der Waals surface area contributed by atoms with Gasteiger partial charge in [0.15, 0.2) is 0 Å². The average molecular weight is 432 g/mol. The summed E-state index contributed by atoms with van der Waals surface area (Å²) in [7, 11) is -4.13. The standard InChI is InChI=1S/C18H16F4N2O4S/c19-14-8-5-11(9-16(14)29(26,27)24-13-6-7-13)17(25)23-10-12-3-1-2-4-15(12)28-18(20,21)22/h1-5,8-9,13,24H,6-7,10H2,(H,23,25). The van der Waals surface area contributed by atoms with Crippen LogP contribution in [0.25, 0.3) is 0 Å². The Labute approximate surface area is 163 Å². The number of halogens is 4. The summed E-state index contributed by atoms with van der Waals surface area (Å²) in [5, 5.41) is 2.37. The fraction of sp³-hybridized carbons (Fsp3) is 0.278. The van der Waals surface area contributed by atoms with Crippen molar-refractivity contribution in [3.8, 4) is 5.75 Å². The van der Waals surface area contributed by atoms with Gasteiger partial charge in [0, 0.05) is 23.7 Å². The third-order valence-corrected chi connectivity index (χ3v) is 5.56. The summed E-state index contributed by atoms with van der Waals surface area (Å²) in [6.45, 7) is -0.315. The van der Waals surface area contributed by atoms with Gasteiger partial charge in [-0.3, -0.25) is 4.79 Å². The summed E-state index contributed by atoms with van der Waals surface area (Å²) in [5.41, 5.74) is -0.0969. The Bertz CT molecular complexity index is 1020. The van der Waals surface area contributed by atoms with Crippen LogP contribution >= 0.6 is 0 Å². The van der Waals surface area contributed by atoms with Gasteiger partial charge in [0.25, 0.3) is 5.91 Å². The molecule has 3 rings (SSSR count). The monoisotopic (exact) mass is 432 g/mol. The van der Waals surface area contributed by atoms with E-state index < -0.39 is 38.8 Å². The molecule has 11 heteroatoms. The molecule has 2 aromatic carbocycles. The van der Waals surface area contributed by atoms with Crippen LogP contribution in [0.4, 0.5) is 17.6 Å². The summed E-state index contributed by atoms with van der Waals surface area (Å²) in [6.07, 6.45) is -3.59. The first-order valence-corrected chi connectivity index (χ1v) is 9.97. The number of hydrogen-bond acceptors (Lipinski definition) is 4. The van der Waals surface area contributed by atoms with Gasteiger partial charge in [0.05, 0.1) is 0 Å². The molecule has 156 valence electrons. The number of sulfonamides is 1. The Morgan fingerprint density at radius 2 is 1.83 bits per heavy atom. The lowest BCUT2D eigenvalue weighted by Gasteiger charge is -2.14. The first-order chi connectivity index (χ1) is 13.5. The Morgan fingerprint density at radius 1 is 1.14 bits per heavy atom. The van der Waals surface area contributed by atoms with Crippen LogP contribution in [0, 0.1) is 5.82 Å². The topological polar surface area (TPSA) is 84.5 Å². The number of hydrogen-bond donors (Lipinski definition) is 2. The SMILES string of the molecule is O=C(NCc1ccccc1OC(F)(F)F)c1ccc(F)c(S(=O)(=O)NC2CC2)c1. The molecule has 0 aliphatic heterocycles. The van der Waals surface area contributed by atoms with Crippen molar-refractivity contribution in [2.45, 2.75) is 36.7 Å². The van der Waals surface area contributed by atoms with Crippen molar-refractivity contribution in [2.24, 2.45) is 0 Å². The van der Waals surface area contributed by atoms with E-state index in [0.717, 1.165) is 24.3 Å². The van der Waals surface area contributed by atoms with Crippen LogP contribution in [0.1, 0.15) is 28.8 Å². The van der Waals surface area contributed by atoms with Crippen LogP contribution in [0.5, 0.6) is 5.75 Å². The van der Waals surface area contributed by atoms with Crippen LogP contribution in [0.3, 0.4) is 0 Å². The molecule has 6 nitrogen and oxygen atoms in total. The van der Waals surface area contributed by atoms with Crippen molar-refractivity contribution < 1.29 is 35.5 Å². The minimum absolute atomic E-state index is 0.0588. The molecule has 1 fully saturated rings. The molecular weight excluding hydrogens is 416 g/mol. The van der Waals surface area contributed by atoms with Gasteiger partial charge in [-0.15, -0.1) is 13.2 Å². The molecule has 1 aliphatic rings. The summed E-state index contributed by atoms with van der Waals surface area (Å²) < 4.78 is 82.1. The third-order valence-electron chi connectivity index (χ3n) is 4.02. The van der Waals surface area contributed by atoms with Gasteiger partial charge in [0.2, 0.25) is 10.0 Å². The lowest BCUT2D eigenvalue weighted by Crippen LogP contribution is -2.28. The number of carbonyl (C=O) groups excluding carboxylic acids is 1. The number of para-hydroxylation sites is 1. The molecule has 0 aromatic heterocycles. The van der Waals surface area contributed by atoms with Crippen LogP contribution in [0.2, 0.25) is 0 Å². The van der Waals surface area contributed by atoms with E-state index >= 15 is 0 Å². The molecule has 0 radical (unpaired) electrons. The smallest absolute Gasteiger partial charge is 0.405 e. The molecule has 1 saturated carbocycles. The predicted octanol–water partition coefficient (Wildman–Crippen LogP) is 3.10. The molecule has 2 aromatic rings. The molecule has 1 amide bonds. The number of alkyl halides is 3. The van der Waals surface area contributed by atoms with E-state index in [0.29, 0.717) is 12.8 Å².